The van der Waals surface area contributed by atoms with Gasteiger partial charge in [-0.3, -0.25) is 0 Å². The number of fused-ring (bicyclic) bond motifs is 1. The summed E-state index contributed by atoms with van der Waals surface area (Å²) in [6, 6.07) is 14.6. The molecule has 102 valence electrons. The highest BCUT2D eigenvalue weighted by Gasteiger charge is 2.20. The van der Waals surface area contributed by atoms with Crippen LogP contribution in [0.25, 0.3) is 0 Å². The van der Waals surface area contributed by atoms with Crippen molar-refractivity contribution in [1.29, 1.82) is 0 Å². The van der Waals surface area contributed by atoms with Gasteiger partial charge in [0.1, 0.15) is 4.99 Å². The van der Waals surface area contributed by atoms with Crippen LogP contribution in [-0.2, 0) is 6.42 Å². The number of halogens is 1. The second kappa shape index (κ2) is 5.54. The SMILES string of the molecule is NC(=S)c1ccc(Br)cc1N1CCCc2ccccc21. The Bertz CT molecular complexity index is 669. The van der Waals surface area contributed by atoms with E-state index in [2.05, 4.69) is 51.2 Å². The van der Waals surface area contributed by atoms with Gasteiger partial charge in [0.2, 0.25) is 0 Å². The van der Waals surface area contributed by atoms with Crippen LogP contribution in [0.4, 0.5) is 11.4 Å². The first-order chi connectivity index (χ1) is 9.66. The first-order valence-electron chi connectivity index (χ1n) is 6.61. The highest BCUT2D eigenvalue weighted by Crippen LogP contribution is 2.36. The van der Waals surface area contributed by atoms with Crippen LogP contribution in [0.3, 0.4) is 0 Å². The number of rotatable bonds is 2. The van der Waals surface area contributed by atoms with E-state index in [1.54, 1.807) is 0 Å². The molecule has 1 aliphatic rings. The smallest absolute Gasteiger partial charge is 0.106 e. The van der Waals surface area contributed by atoms with Crippen molar-refractivity contribution in [2.75, 3.05) is 11.4 Å². The molecule has 4 heteroatoms. The normalized spacial score (nSPS) is 13.9. The van der Waals surface area contributed by atoms with E-state index in [-0.39, 0.29) is 0 Å². The fourth-order valence-electron chi connectivity index (χ4n) is 2.72. The van der Waals surface area contributed by atoms with Gasteiger partial charge < -0.3 is 10.6 Å². The molecule has 1 aliphatic heterocycles. The lowest BCUT2D eigenvalue weighted by Crippen LogP contribution is -2.27. The average molecular weight is 347 g/mol. The van der Waals surface area contributed by atoms with E-state index >= 15 is 0 Å². The van der Waals surface area contributed by atoms with E-state index in [1.165, 1.54) is 11.3 Å². The Morgan fingerprint density at radius 2 is 1.95 bits per heavy atom. The highest BCUT2D eigenvalue weighted by molar-refractivity contribution is 9.10. The lowest BCUT2D eigenvalue weighted by Gasteiger charge is -2.32. The molecule has 2 aromatic carbocycles. The van der Waals surface area contributed by atoms with Crippen LogP contribution in [0.2, 0.25) is 0 Å². The standard InChI is InChI=1S/C16H15BrN2S/c17-12-7-8-13(16(18)20)15(10-12)19-9-3-5-11-4-1-2-6-14(11)19/h1-2,4,6-8,10H,3,5,9H2,(H2,18,20). The van der Waals surface area contributed by atoms with Crippen LogP contribution in [0.1, 0.15) is 17.5 Å². The monoisotopic (exact) mass is 346 g/mol. The van der Waals surface area contributed by atoms with E-state index in [9.17, 15) is 0 Å². The van der Waals surface area contributed by atoms with Crippen LogP contribution in [0, 0.1) is 0 Å². The van der Waals surface area contributed by atoms with Crippen molar-refractivity contribution in [3.63, 3.8) is 0 Å². The molecule has 0 radical (unpaired) electrons. The molecule has 2 aromatic rings. The number of para-hydroxylation sites is 1. The van der Waals surface area contributed by atoms with E-state index in [1.807, 2.05) is 12.1 Å². The fourth-order valence-corrected chi connectivity index (χ4v) is 3.24. The van der Waals surface area contributed by atoms with E-state index < -0.39 is 0 Å². The lowest BCUT2D eigenvalue weighted by molar-refractivity contribution is 0.766. The molecule has 0 aromatic heterocycles. The molecule has 3 rings (SSSR count). The Hall–Kier alpha value is -1.39. The molecule has 0 fully saturated rings. The summed E-state index contributed by atoms with van der Waals surface area (Å²) in [5.41, 5.74) is 10.5. The Morgan fingerprint density at radius 1 is 1.15 bits per heavy atom. The topological polar surface area (TPSA) is 29.3 Å². The number of nitrogens with two attached hydrogens (primary N) is 1. The van der Waals surface area contributed by atoms with E-state index in [0.29, 0.717) is 4.99 Å². The number of thiocarbonyl (C=S) groups is 1. The molecule has 0 spiro atoms. The van der Waals surface area contributed by atoms with Gasteiger partial charge in [0.05, 0.1) is 5.69 Å². The predicted molar refractivity (Wildman–Crippen MR) is 91.8 cm³/mol. The van der Waals surface area contributed by atoms with Gasteiger partial charge >= 0.3 is 0 Å². The van der Waals surface area contributed by atoms with Crippen molar-refractivity contribution >= 4 is 44.5 Å². The summed E-state index contributed by atoms with van der Waals surface area (Å²) in [7, 11) is 0. The van der Waals surface area contributed by atoms with Crippen molar-refractivity contribution in [2.45, 2.75) is 12.8 Å². The maximum absolute atomic E-state index is 5.88. The molecule has 0 aliphatic carbocycles. The summed E-state index contributed by atoms with van der Waals surface area (Å²) in [5, 5.41) is 0. The number of benzene rings is 2. The Kier molecular flexibility index (Phi) is 3.76. The molecule has 2 nitrogen and oxygen atoms in total. The van der Waals surface area contributed by atoms with Crippen LogP contribution >= 0.6 is 28.1 Å². The van der Waals surface area contributed by atoms with Crippen molar-refractivity contribution in [3.8, 4) is 0 Å². The summed E-state index contributed by atoms with van der Waals surface area (Å²) in [5.74, 6) is 0. The van der Waals surface area contributed by atoms with Gasteiger partial charge in [-0.05, 0) is 42.7 Å². The van der Waals surface area contributed by atoms with Crippen molar-refractivity contribution in [1.82, 2.24) is 0 Å². The number of nitrogens with zero attached hydrogens (tertiary/aromatic N) is 1. The summed E-state index contributed by atoms with van der Waals surface area (Å²) in [4.78, 5) is 2.76. The van der Waals surface area contributed by atoms with Crippen molar-refractivity contribution in [3.05, 3.63) is 58.1 Å². The van der Waals surface area contributed by atoms with Gasteiger partial charge in [-0.25, -0.2) is 0 Å². The second-order valence-corrected chi connectivity index (χ2v) is 6.27. The quantitative estimate of drug-likeness (QED) is 0.827. The molecule has 0 amide bonds. The van der Waals surface area contributed by atoms with Gasteiger partial charge in [0.25, 0.3) is 0 Å². The van der Waals surface area contributed by atoms with Crippen LogP contribution in [-0.4, -0.2) is 11.5 Å². The van der Waals surface area contributed by atoms with E-state index in [4.69, 9.17) is 18.0 Å². The van der Waals surface area contributed by atoms with Gasteiger partial charge in [0, 0.05) is 22.3 Å². The minimum Gasteiger partial charge on any atom is -0.389 e. The summed E-state index contributed by atoms with van der Waals surface area (Å²) < 4.78 is 1.04. The summed E-state index contributed by atoms with van der Waals surface area (Å²) >= 11 is 8.74. The molecule has 0 bridgehead atoms. The van der Waals surface area contributed by atoms with Crippen LogP contribution < -0.4 is 10.6 Å². The number of hydrogen-bond donors (Lipinski definition) is 1. The lowest BCUT2D eigenvalue weighted by atomic mass is 10.00. The van der Waals surface area contributed by atoms with E-state index in [0.717, 1.165) is 35.1 Å². The Labute approximate surface area is 132 Å². The first-order valence-corrected chi connectivity index (χ1v) is 7.82. The molecule has 0 unspecified atom stereocenters. The maximum Gasteiger partial charge on any atom is 0.106 e. The van der Waals surface area contributed by atoms with Crippen molar-refractivity contribution < 1.29 is 0 Å². The maximum atomic E-state index is 5.88. The third kappa shape index (κ3) is 2.45. The molecule has 1 heterocycles. The Balaban J connectivity index is 2.15. The zero-order chi connectivity index (χ0) is 14.1. The molecule has 2 N–H and O–H groups in total. The van der Waals surface area contributed by atoms with Gasteiger partial charge in [0.15, 0.2) is 0 Å². The minimum atomic E-state index is 0.440. The Morgan fingerprint density at radius 3 is 2.75 bits per heavy atom. The predicted octanol–water partition coefficient (Wildman–Crippen LogP) is 4.17. The van der Waals surface area contributed by atoms with Crippen LogP contribution in [0.15, 0.2) is 46.9 Å². The molecule has 0 saturated heterocycles. The zero-order valence-corrected chi connectivity index (χ0v) is 13.4. The third-order valence-electron chi connectivity index (χ3n) is 3.63. The molecule has 20 heavy (non-hydrogen) atoms. The van der Waals surface area contributed by atoms with Crippen LogP contribution in [0.5, 0.6) is 0 Å². The molecular formula is C16H15BrN2S. The number of anilines is 2. The summed E-state index contributed by atoms with van der Waals surface area (Å²) in [6.07, 6.45) is 2.27. The van der Waals surface area contributed by atoms with Crippen molar-refractivity contribution in [2.24, 2.45) is 5.73 Å². The number of hydrogen-bond acceptors (Lipinski definition) is 2. The molecule has 0 atom stereocenters. The summed E-state index contributed by atoms with van der Waals surface area (Å²) in [6.45, 7) is 0.989. The average Bonchev–Trinajstić information content (AvgIpc) is 2.46. The van der Waals surface area contributed by atoms with Gasteiger partial charge in [-0.2, -0.15) is 0 Å². The largest absolute Gasteiger partial charge is 0.389 e. The third-order valence-corrected chi connectivity index (χ3v) is 4.34. The zero-order valence-electron chi connectivity index (χ0n) is 11.0. The number of aryl methyl sites for hydroxylation is 1. The second-order valence-electron chi connectivity index (χ2n) is 4.91. The first kappa shape index (κ1) is 13.6. The fraction of sp³-hybridized carbons (Fsp3) is 0.188. The highest BCUT2D eigenvalue weighted by atomic mass is 79.9. The van der Waals surface area contributed by atoms with Gasteiger partial charge in [-0.15, -0.1) is 0 Å². The van der Waals surface area contributed by atoms with Gasteiger partial charge in [-0.1, -0.05) is 46.3 Å². The molecule has 0 saturated carbocycles. The minimum absolute atomic E-state index is 0.440. The molecular weight excluding hydrogens is 332 g/mol.